The standard InChI is InChI=1S/C19H23N3O5S/c1-12(2)11-20-19(23)17-10-16(7-5-13(17)3)28(26,27)21-18-8-6-15(22(24)25)9-14(18)4/h5-10,12,21H,11H2,1-4H3,(H,20,23). The molecule has 0 aliphatic heterocycles. The van der Waals surface area contributed by atoms with Gasteiger partial charge >= 0.3 is 0 Å². The van der Waals surface area contributed by atoms with Crippen LogP contribution >= 0.6 is 0 Å². The van der Waals surface area contributed by atoms with Crippen LogP contribution in [-0.4, -0.2) is 25.8 Å². The first kappa shape index (κ1) is 21.4. The van der Waals surface area contributed by atoms with Crippen LogP contribution in [0.2, 0.25) is 0 Å². The number of nitrogens with zero attached hydrogens (tertiary/aromatic N) is 1. The van der Waals surface area contributed by atoms with Crippen LogP contribution in [0.1, 0.15) is 35.3 Å². The van der Waals surface area contributed by atoms with Crippen LogP contribution in [0.25, 0.3) is 0 Å². The fourth-order valence-corrected chi connectivity index (χ4v) is 3.64. The zero-order chi connectivity index (χ0) is 21.1. The summed E-state index contributed by atoms with van der Waals surface area (Å²) in [4.78, 5) is 22.6. The Bertz CT molecular complexity index is 1020. The van der Waals surface area contributed by atoms with Gasteiger partial charge in [-0.15, -0.1) is 0 Å². The maximum Gasteiger partial charge on any atom is 0.269 e. The van der Waals surface area contributed by atoms with Crippen LogP contribution in [0.4, 0.5) is 11.4 Å². The van der Waals surface area contributed by atoms with E-state index < -0.39 is 14.9 Å². The monoisotopic (exact) mass is 405 g/mol. The first-order valence-corrected chi connectivity index (χ1v) is 10.2. The quantitative estimate of drug-likeness (QED) is 0.541. The van der Waals surface area contributed by atoms with E-state index in [1.54, 1.807) is 19.9 Å². The van der Waals surface area contributed by atoms with E-state index in [9.17, 15) is 23.3 Å². The molecule has 2 N–H and O–H groups in total. The molecule has 0 aliphatic rings. The molecule has 0 aromatic heterocycles. The van der Waals surface area contributed by atoms with Gasteiger partial charge in [0, 0.05) is 24.2 Å². The maximum absolute atomic E-state index is 12.7. The highest BCUT2D eigenvalue weighted by molar-refractivity contribution is 7.92. The molecule has 28 heavy (non-hydrogen) atoms. The molecule has 2 aromatic rings. The van der Waals surface area contributed by atoms with Crippen LogP contribution in [0.15, 0.2) is 41.3 Å². The van der Waals surface area contributed by atoms with Gasteiger partial charge in [0.05, 0.1) is 15.5 Å². The number of nitro benzene ring substituents is 1. The molecule has 0 heterocycles. The predicted molar refractivity (Wildman–Crippen MR) is 107 cm³/mol. The van der Waals surface area contributed by atoms with Crippen molar-refractivity contribution in [3.63, 3.8) is 0 Å². The van der Waals surface area contributed by atoms with E-state index in [2.05, 4.69) is 10.0 Å². The minimum atomic E-state index is -3.97. The number of nitro groups is 1. The Labute approximate surface area is 164 Å². The van der Waals surface area contributed by atoms with E-state index in [1.807, 2.05) is 13.8 Å². The van der Waals surface area contributed by atoms with Gasteiger partial charge in [-0.1, -0.05) is 19.9 Å². The second-order valence-corrected chi connectivity index (χ2v) is 8.62. The lowest BCUT2D eigenvalue weighted by Crippen LogP contribution is -2.28. The highest BCUT2D eigenvalue weighted by Crippen LogP contribution is 2.25. The number of aryl methyl sites for hydroxylation is 2. The number of hydrogen-bond acceptors (Lipinski definition) is 5. The van der Waals surface area contributed by atoms with Gasteiger partial charge in [0.15, 0.2) is 0 Å². The van der Waals surface area contributed by atoms with E-state index >= 15 is 0 Å². The zero-order valence-corrected chi connectivity index (χ0v) is 17.0. The number of carbonyl (C=O) groups excluding carboxylic acids is 1. The van der Waals surface area contributed by atoms with Crippen molar-refractivity contribution in [3.05, 3.63) is 63.2 Å². The molecule has 2 aromatic carbocycles. The molecule has 150 valence electrons. The van der Waals surface area contributed by atoms with Crippen molar-refractivity contribution < 1.29 is 18.1 Å². The third-order valence-electron chi connectivity index (χ3n) is 4.10. The van der Waals surface area contributed by atoms with Crippen LogP contribution in [0.3, 0.4) is 0 Å². The summed E-state index contributed by atoms with van der Waals surface area (Å²) < 4.78 is 27.9. The average molecular weight is 405 g/mol. The lowest BCUT2D eigenvalue weighted by atomic mass is 10.1. The summed E-state index contributed by atoms with van der Waals surface area (Å²) >= 11 is 0. The molecular weight excluding hydrogens is 382 g/mol. The Morgan fingerprint density at radius 1 is 1.11 bits per heavy atom. The van der Waals surface area contributed by atoms with Crippen molar-refractivity contribution in [2.45, 2.75) is 32.6 Å². The average Bonchev–Trinajstić information content (AvgIpc) is 2.61. The van der Waals surface area contributed by atoms with Gasteiger partial charge in [0.25, 0.3) is 21.6 Å². The molecule has 0 fully saturated rings. The SMILES string of the molecule is Cc1cc([N+](=O)[O-])ccc1NS(=O)(=O)c1ccc(C)c(C(=O)NCC(C)C)c1. The number of anilines is 1. The van der Waals surface area contributed by atoms with Gasteiger partial charge in [-0.25, -0.2) is 8.42 Å². The minimum absolute atomic E-state index is 0.0643. The second kappa shape index (κ2) is 8.39. The van der Waals surface area contributed by atoms with Crippen LogP contribution in [0.5, 0.6) is 0 Å². The van der Waals surface area contributed by atoms with Gasteiger partial charge in [-0.3, -0.25) is 19.6 Å². The molecule has 1 amide bonds. The third-order valence-corrected chi connectivity index (χ3v) is 5.46. The van der Waals surface area contributed by atoms with E-state index in [1.165, 1.54) is 30.3 Å². The summed E-state index contributed by atoms with van der Waals surface area (Å²) in [6, 6.07) is 8.17. The van der Waals surface area contributed by atoms with Gasteiger partial charge < -0.3 is 5.32 Å². The molecule has 0 bridgehead atoms. The Hall–Kier alpha value is -2.94. The number of sulfonamides is 1. The van der Waals surface area contributed by atoms with Crippen LogP contribution in [0, 0.1) is 29.9 Å². The summed E-state index contributed by atoms with van der Waals surface area (Å²) in [6.07, 6.45) is 0. The number of non-ortho nitro benzene ring substituents is 1. The number of carbonyl (C=O) groups is 1. The van der Waals surface area contributed by atoms with Crippen molar-refractivity contribution in [3.8, 4) is 0 Å². The molecule has 2 rings (SSSR count). The normalized spacial score (nSPS) is 11.3. The molecule has 0 aliphatic carbocycles. The molecule has 0 spiro atoms. The number of hydrogen-bond donors (Lipinski definition) is 2. The van der Waals surface area contributed by atoms with Crippen molar-refractivity contribution in [1.82, 2.24) is 5.32 Å². The van der Waals surface area contributed by atoms with E-state index in [0.29, 0.717) is 17.7 Å². The van der Waals surface area contributed by atoms with Crippen LogP contribution in [-0.2, 0) is 10.0 Å². The molecule has 0 radical (unpaired) electrons. The lowest BCUT2D eigenvalue weighted by Gasteiger charge is -2.13. The Morgan fingerprint density at radius 2 is 1.79 bits per heavy atom. The number of nitrogens with one attached hydrogen (secondary N) is 2. The number of benzene rings is 2. The Balaban J connectivity index is 2.32. The van der Waals surface area contributed by atoms with E-state index in [0.717, 1.165) is 0 Å². The molecule has 0 unspecified atom stereocenters. The van der Waals surface area contributed by atoms with E-state index in [-0.39, 0.29) is 33.7 Å². The predicted octanol–water partition coefficient (Wildman–Crippen LogP) is 3.40. The van der Waals surface area contributed by atoms with Crippen molar-refractivity contribution >= 4 is 27.3 Å². The number of rotatable bonds is 7. The Morgan fingerprint density at radius 3 is 2.36 bits per heavy atom. The maximum atomic E-state index is 12.7. The molecule has 0 saturated heterocycles. The van der Waals surface area contributed by atoms with Gasteiger partial charge in [0.2, 0.25) is 0 Å². The molecular formula is C19H23N3O5S. The largest absolute Gasteiger partial charge is 0.352 e. The molecule has 0 atom stereocenters. The molecule has 0 saturated carbocycles. The zero-order valence-electron chi connectivity index (χ0n) is 16.1. The van der Waals surface area contributed by atoms with Gasteiger partial charge in [0.1, 0.15) is 0 Å². The van der Waals surface area contributed by atoms with E-state index in [4.69, 9.17) is 0 Å². The lowest BCUT2D eigenvalue weighted by molar-refractivity contribution is -0.384. The first-order chi connectivity index (χ1) is 13.0. The summed E-state index contributed by atoms with van der Waals surface area (Å²) in [5.41, 5.74) is 1.47. The molecule has 9 heteroatoms. The first-order valence-electron chi connectivity index (χ1n) is 8.68. The topological polar surface area (TPSA) is 118 Å². The fourth-order valence-electron chi connectivity index (χ4n) is 2.48. The summed E-state index contributed by atoms with van der Waals surface area (Å²) in [6.45, 7) is 7.71. The third kappa shape index (κ3) is 5.07. The Kier molecular flexibility index (Phi) is 6.40. The van der Waals surface area contributed by atoms with Crippen molar-refractivity contribution in [2.24, 2.45) is 5.92 Å². The summed E-state index contributed by atoms with van der Waals surface area (Å²) in [7, 11) is -3.97. The molecule has 8 nitrogen and oxygen atoms in total. The van der Waals surface area contributed by atoms with Crippen LogP contribution < -0.4 is 10.0 Å². The van der Waals surface area contributed by atoms with Crippen molar-refractivity contribution in [2.75, 3.05) is 11.3 Å². The number of amides is 1. The second-order valence-electron chi connectivity index (χ2n) is 6.94. The highest BCUT2D eigenvalue weighted by Gasteiger charge is 2.20. The fraction of sp³-hybridized carbons (Fsp3) is 0.316. The summed E-state index contributed by atoms with van der Waals surface area (Å²) in [5, 5.41) is 13.6. The minimum Gasteiger partial charge on any atom is -0.352 e. The smallest absolute Gasteiger partial charge is 0.269 e. The van der Waals surface area contributed by atoms with Gasteiger partial charge in [-0.05, 0) is 49.1 Å². The highest BCUT2D eigenvalue weighted by atomic mass is 32.2. The van der Waals surface area contributed by atoms with Gasteiger partial charge in [-0.2, -0.15) is 0 Å². The van der Waals surface area contributed by atoms with Crippen molar-refractivity contribution in [1.29, 1.82) is 0 Å². The summed E-state index contributed by atoms with van der Waals surface area (Å²) in [5.74, 6) is -0.0716.